The number of aromatic nitrogens is 2. The summed E-state index contributed by atoms with van der Waals surface area (Å²) in [5.74, 6) is 0.135. The molecule has 3 aromatic rings. The molecule has 0 aliphatic carbocycles. The standard InChI is InChI=1S/C23H25N3O3/c1-14(2)22-21(25-17-8-9-24-18(11-17)10-15(3)28)12-20(23(29)26-22)19-7-5-4-6-16(19)13-27/h4-9,11-12,14,27H,10,13H2,1-3H3,(H,24,25)(H,26,29). The quantitative estimate of drug-likeness (QED) is 0.567. The topological polar surface area (TPSA) is 95.1 Å². The average Bonchev–Trinajstić information content (AvgIpc) is 2.68. The Hall–Kier alpha value is -3.25. The highest BCUT2D eigenvalue weighted by Crippen LogP contribution is 2.29. The summed E-state index contributed by atoms with van der Waals surface area (Å²) in [6.07, 6.45) is 1.93. The van der Waals surface area contributed by atoms with Crippen molar-refractivity contribution in [2.45, 2.75) is 39.7 Å². The highest BCUT2D eigenvalue weighted by molar-refractivity contribution is 5.78. The van der Waals surface area contributed by atoms with Gasteiger partial charge in [-0.2, -0.15) is 0 Å². The molecule has 1 aromatic carbocycles. The molecule has 0 aliphatic rings. The van der Waals surface area contributed by atoms with E-state index >= 15 is 0 Å². The van der Waals surface area contributed by atoms with E-state index in [1.807, 2.05) is 50.2 Å². The number of rotatable bonds is 7. The fourth-order valence-corrected chi connectivity index (χ4v) is 3.29. The van der Waals surface area contributed by atoms with E-state index in [1.165, 1.54) is 6.92 Å². The second-order valence-electron chi connectivity index (χ2n) is 7.35. The molecule has 3 N–H and O–H groups in total. The molecule has 0 saturated heterocycles. The normalized spacial score (nSPS) is 10.9. The Kier molecular flexibility index (Phi) is 6.24. The number of nitrogens with zero attached hydrogens (tertiary/aromatic N) is 1. The lowest BCUT2D eigenvalue weighted by molar-refractivity contribution is -0.116. The van der Waals surface area contributed by atoms with E-state index in [0.29, 0.717) is 22.4 Å². The minimum absolute atomic E-state index is 0.0458. The molecule has 0 saturated carbocycles. The van der Waals surface area contributed by atoms with Gasteiger partial charge in [0.1, 0.15) is 5.78 Å². The molecule has 0 unspecified atom stereocenters. The van der Waals surface area contributed by atoms with Crippen LogP contribution in [0.1, 0.15) is 43.6 Å². The van der Waals surface area contributed by atoms with E-state index in [1.54, 1.807) is 12.3 Å². The summed E-state index contributed by atoms with van der Waals surface area (Å²) >= 11 is 0. The van der Waals surface area contributed by atoms with Gasteiger partial charge in [-0.05, 0) is 42.2 Å². The first kappa shape index (κ1) is 20.5. The highest BCUT2D eigenvalue weighted by Gasteiger charge is 2.15. The van der Waals surface area contributed by atoms with E-state index in [0.717, 1.165) is 17.1 Å². The van der Waals surface area contributed by atoms with E-state index in [2.05, 4.69) is 15.3 Å². The predicted octanol–water partition coefficient (Wildman–Crippen LogP) is 3.93. The van der Waals surface area contributed by atoms with Crippen molar-refractivity contribution in [1.82, 2.24) is 9.97 Å². The van der Waals surface area contributed by atoms with Crippen molar-refractivity contribution in [2.24, 2.45) is 0 Å². The van der Waals surface area contributed by atoms with E-state index in [-0.39, 0.29) is 30.3 Å². The molecule has 2 aromatic heterocycles. The number of aromatic amines is 1. The van der Waals surface area contributed by atoms with Gasteiger partial charge in [-0.1, -0.05) is 38.1 Å². The number of ketones is 1. The van der Waals surface area contributed by atoms with E-state index in [4.69, 9.17) is 0 Å². The number of hydrogen-bond acceptors (Lipinski definition) is 5. The SMILES string of the molecule is CC(=O)Cc1cc(Nc2cc(-c3ccccc3CO)c(=O)[nH]c2C(C)C)ccn1. The first-order valence-electron chi connectivity index (χ1n) is 9.56. The third kappa shape index (κ3) is 4.78. The molecule has 0 aliphatic heterocycles. The summed E-state index contributed by atoms with van der Waals surface area (Å²) in [5.41, 5.74) is 4.69. The number of Topliss-reactive ketones (excluding diaryl/α,β-unsaturated/α-hetero) is 1. The van der Waals surface area contributed by atoms with Gasteiger partial charge in [0.2, 0.25) is 0 Å². The zero-order chi connectivity index (χ0) is 21.0. The molecule has 29 heavy (non-hydrogen) atoms. The molecule has 150 valence electrons. The van der Waals surface area contributed by atoms with Crippen molar-refractivity contribution in [3.8, 4) is 11.1 Å². The van der Waals surface area contributed by atoms with Crippen LogP contribution in [0.3, 0.4) is 0 Å². The lowest BCUT2D eigenvalue weighted by atomic mass is 9.98. The number of pyridine rings is 2. The van der Waals surface area contributed by atoms with Crippen molar-refractivity contribution < 1.29 is 9.90 Å². The molecule has 6 nitrogen and oxygen atoms in total. The van der Waals surface area contributed by atoms with Gasteiger partial charge in [0, 0.05) is 35.3 Å². The van der Waals surface area contributed by atoms with Gasteiger partial charge in [-0.3, -0.25) is 14.6 Å². The smallest absolute Gasteiger partial charge is 0.256 e. The predicted molar refractivity (Wildman–Crippen MR) is 114 cm³/mol. The number of anilines is 2. The second kappa shape index (κ2) is 8.84. The molecule has 3 rings (SSSR count). The number of carbonyl (C=O) groups excluding carboxylic acids is 1. The molecule has 6 heteroatoms. The highest BCUT2D eigenvalue weighted by atomic mass is 16.3. The molecule has 0 spiro atoms. The maximum atomic E-state index is 12.8. The van der Waals surface area contributed by atoms with Crippen LogP contribution >= 0.6 is 0 Å². The number of benzene rings is 1. The molecule has 0 bridgehead atoms. The molecular weight excluding hydrogens is 366 g/mol. The lowest BCUT2D eigenvalue weighted by Crippen LogP contribution is -2.15. The zero-order valence-electron chi connectivity index (χ0n) is 16.8. The van der Waals surface area contributed by atoms with Crippen LogP contribution in [0.15, 0.2) is 53.5 Å². The Bertz CT molecular complexity index is 1090. The van der Waals surface area contributed by atoms with Crippen LogP contribution in [0.5, 0.6) is 0 Å². The van der Waals surface area contributed by atoms with Crippen molar-refractivity contribution in [3.63, 3.8) is 0 Å². The van der Waals surface area contributed by atoms with Crippen molar-refractivity contribution in [1.29, 1.82) is 0 Å². The summed E-state index contributed by atoms with van der Waals surface area (Å²) < 4.78 is 0. The van der Waals surface area contributed by atoms with E-state index in [9.17, 15) is 14.7 Å². The Morgan fingerprint density at radius 3 is 2.62 bits per heavy atom. The van der Waals surface area contributed by atoms with Gasteiger partial charge < -0.3 is 15.4 Å². The van der Waals surface area contributed by atoms with Crippen LogP contribution in [0.2, 0.25) is 0 Å². The minimum Gasteiger partial charge on any atom is -0.392 e. The number of hydrogen-bond donors (Lipinski definition) is 3. The molecule has 0 radical (unpaired) electrons. The monoisotopic (exact) mass is 391 g/mol. The Morgan fingerprint density at radius 1 is 1.17 bits per heavy atom. The van der Waals surface area contributed by atoms with Crippen LogP contribution in [0.25, 0.3) is 11.1 Å². The average molecular weight is 391 g/mol. The second-order valence-corrected chi connectivity index (χ2v) is 7.35. The molecular formula is C23H25N3O3. The minimum atomic E-state index is -0.202. The van der Waals surface area contributed by atoms with Gasteiger partial charge in [0.15, 0.2) is 0 Å². The molecule has 0 amide bonds. The largest absolute Gasteiger partial charge is 0.392 e. The number of aliphatic hydroxyl groups is 1. The van der Waals surface area contributed by atoms with Crippen LogP contribution in [0, 0.1) is 0 Å². The third-order valence-corrected chi connectivity index (χ3v) is 4.65. The maximum Gasteiger partial charge on any atom is 0.256 e. The van der Waals surface area contributed by atoms with Gasteiger partial charge in [0.25, 0.3) is 5.56 Å². The Labute approximate surface area is 169 Å². The van der Waals surface area contributed by atoms with Crippen LogP contribution in [0.4, 0.5) is 11.4 Å². The van der Waals surface area contributed by atoms with E-state index < -0.39 is 0 Å². The number of carbonyl (C=O) groups is 1. The summed E-state index contributed by atoms with van der Waals surface area (Å²) in [6.45, 7) is 5.39. The summed E-state index contributed by atoms with van der Waals surface area (Å²) in [6, 6.07) is 12.8. The first-order valence-corrected chi connectivity index (χ1v) is 9.56. The third-order valence-electron chi connectivity index (χ3n) is 4.65. The van der Waals surface area contributed by atoms with Crippen LogP contribution < -0.4 is 10.9 Å². The van der Waals surface area contributed by atoms with Gasteiger partial charge in [-0.25, -0.2) is 0 Å². The summed E-state index contributed by atoms with van der Waals surface area (Å²) in [7, 11) is 0. The number of H-pyrrole nitrogens is 1. The van der Waals surface area contributed by atoms with Gasteiger partial charge in [-0.15, -0.1) is 0 Å². The summed E-state index contributed by atoms with van der Waals surface area (Å²) in [5, 5.41) is 13.0. The van der Waals surface area contributed by atoms with Crippen molar-refractivity contribution >= 4 is 17.2 Å². The van der Waals surface area contributed by atoms with Crippen LogP contribution in [-0.2, 0) is 17.8 Å². The van der Waals surface area contributed by atoms with Gasteiger partial charge >= 0.3 is 0 Å². The summed E-state index contributed by atoms with van der Waals surface area (Å²) in [4.78, 5) is 31.4. The fourth-order valence-electron chi connectivity index (χ4n) is 3.29. The Balaban J connectivity index is 2.08. The van der Waals surface area contributed by atoms with Crippen molar-refractivity contribution in [3.05, 3.63) is 76.0 Å². The Morgan fingerprint density at radius 2 is 1.93 bits per heavy atom. The lowest BCUT2D eigenvalue weighted by Gasteiger charge is -2.17. The zero-order valence-corrected chi connectivity index (χ0v) is 16.8. The van der Waals surface area contributed by atoms with Crippen LogP contribution in [-0.4, -0.2) is 20.9 Å². The molecule has 2 heterocycles. The molecule has 0 fully saturated rings. The fraction of sp³-hybridized carbons (Fsp3) is 0.261. The first-order chi connectivity index (χ1) is 13.9. The maximum absolute atomic E-state index is 12.8. The number of aliphatic hydroxyl groups excluding tert-OH is 1. The van der Waals surface area contributed by atoms with Gasteiger partial charge in [0.05, 0.1) is 12.3 Å². The number of nitrogens with one attached hydrogen (secondary N) is 2. The molecule has 0 atom stereocenters. The van der Waals surface area contributed by atoms with Crippen molar-refractivity contribution in [2.75, 3.05) is 5.32 Å².